The van der Waals surface area contributed by atoms with Gasteiger partial charge in [0, 0.05) is 0 Å². The maximum absolute atomic E-state index is 13.8. The second kappa shape index (κ2) is 13.9. The first-order valence-corrected chi connectivity index (χ1v) is 17.6. The Hall–Kier alpha value is -2.48. The predicted molar refractivity (Wildman–Crippen MR) is 128 cm³/mol. The molecule has 0 aliphatic rings. The molecule has 0 saturated carbocycles. The molecule has 0 N–H and O–H groups in total. The van der Waals surface area contributed by atoms with Crippen LogP contribution in [-0.2, 0) is 15.7 Å². The van der Waals surface area contributed by atoms with Crippen LogP contribution in [0.3, 0.4) is 0 Å². The van der Waals surface area contributed by atoms with Gasteiger partial charge in [-0.2, -0.15) is 0 Å². The van der Waals surface area contributed by atoms with Gasteiger partial charge in [0.15, 0.2) is 0 Å². The summed E-state index contributed by atoms with van der Waals surface area (Å²) in [4.78, 5) is 25.3. The minimum atomic E-state index is -4.18. The van der Waals surface area contributed by atoms with Crippen molar-refractivity contribution in [3.63, 3.8) is 0 Å². The number of rotatable bonds is 12. The predicted octanol–water partition coefficient (Wildman–Crippen LogP) is 6.82. The van der Waals surface area contributed by atoms with Gasteiger partial charge < -0.3 is 0 Å². The molecular formula is C26H30F2O4Sn. The molecule has 2 aromatic rings. The normalized spacial score (nSPS) is 11.8. The van der Waals surface area contributed by atoms with Crippen LogP contribution >= 0.6 is 0 Å². The average molecular weight is 563 g/mol. The van der Waals surface area contributed by atoms with Crippen molar-refractivity contribution in [3.05, 3.63) is 83.4 Å². The molecule has 0 radical (unpaired) electrons. The first-order valence-electron chi connectivity index (χ1n) is 11.2. The number of benzene rings is 2. The Kier molecular flexibility index (Phi) is 11.3. The molecule has 0 amide bonds. The summed E-state index contributed by atoms with van der Waals surface area (Å²) in [6, 6.07) is 12.2. The van der Waals surface area contributed by atoms with E-state index in [0.717, 1.165) is 25.7 Å². The molecular weight excluding hydrogens is 533 g/mol. The van der Waals surface area contributed by atoms with Crippen molar-refractivity contribution >= 4 is 43.3 Å². The van der Waals surface area contributed by atoms with Gasteiger partial charge in [-0.05, 0) is 0 Å². The molecule has 0 aromatic heterocycles. The summed E-state index contributed by atoms with van der Waals surface area (Å²) >= 11 is -4.18. The van der Waals surface area contributed by atoms with Gasteiger partial charge in [-0.3, -0.25) is 0 Å². The molecule has 2 rings (SSSR count). The van der Waals surface area contributed by atoms with E-state index >= 15 is 0 Å². The molecule has 2 aromatic carbocycles. The molecule has 0 bridgehead atoms. The third-order valence-corrected chi connectivity index (χ3v) is 14.6. The van der Waals surface area contributed by atoms with E-state index in [-0.39, 0.29) is 11.1 Å². The summed E-state index contributed by atoms with van der Waals surface area (Å²) in [7, 11) is 0. The Balaban J connectivity index is 2.20. The van der Waals surface area contributed by atoms with E-state index in [2.05, 4.69) is 0 Å². The Bertz CT molecular complexity index is 908. The maximum atomic E-state index is 13.8. The molecule has 0 saturated heterocycles. The zero-order valence-electron chi connectivity index (χ0n) is 19.1. The first-order chi connectivity index (χ1) is 15.9. The van der Waals surface area contributed by atoms with E-state index in [1.54, 1.807) is 36.4 Å². The molecule has 0 aliphatic heterocycles. The van der Waals surface area contributed by atoms with Crippen LogP contribution in [-0.4, -0.2) is 31.1 Å². The van der Waals surface area contributed by atoms with E-state index in [4.69, 9.17) is 6.15 Å². The first kappa shape index (κ1) is 26.8. The van der Waals surface area contributed by atoms with Crippen molar-refractivity contribution in [2.45, 2.75) is 48.4 Å². The van der Waals surface area contributed by atoms with E-state index < -0.39 is 42.8 Å². The van der Waals surface area contributed by atoms with Gasteiger partial charge in [0.2, 0.25) is 0 Å². The molecule has 0 atom stereocenters. The standard InChI is InChI=1S/2C9H7FO2.2C4H9.Sn/c2*10-8-4-2-1-3-7(8)5-6-9(11)12;2*1-3-4-2;/h2*1-6H,(H,11,12);2*1,3-4H2,2H3;/q;;;;+2/p-2/b2*6-5+;;;. The Labute approximate surface area is 199 Å². The van der Waals surface area contributed by atoms with Crippen LogP contribution in [0.4, 0.5) is 8.78 Å². The van der Waals surface area contributed by atoms with Crippen LogP contribution in [0.15, 0.2) is 60.7 Å². The van der Waals surface area contributed by atoms with Crippen LogP contribution in [0.25, 0.3) is 12.2 Å². The van der Waals surface area contributed by atoms with Crippen molar-refractivity contribution in [2.75, 3.05) is 0 Å². The topological polar surface area (TPSA) is 52.6 Å². The molecule has 0 aliphatic carbocycles. The van der Waals surface area contributed by atoms with Crippen molar-refractivity contribution in [1.29, 1.82) is 0 Å². The fourth-order valence-corrected chi connectivity index (χ4v) is 12.8. The van der Waals surface area contributed by atoms with Crippen LogP contribution in [0.1, 0.15) is 50.7 Å². The Morgan fingerprint density at radius 2 is 1.15 bits per heavy atom. The molecule has 4 nitrogen and oxygen atoms in total. The number of unbranched alkanes of at least 4 members (excludes halogenated alkanes) is 2. The molecule has 0 heterocycles. The number of carbonyl (C=O) groups excluding carboxylic acids is 2. The van der Waals surface area contributed by atoms with Gasteiger partial charge in [0.05, 0.1) is 0 Å². The zero-order chi connectivity index (χ0) is 24.1. The van der Waals surface area contributed by atoms with Gasteiger partial charge in [0.25, 0.3) is 0 Å². The Morgan fingerprint density at radius 3 is 1.52 bits per heavy atom. The van der Waals surface area contributed by atoms with E-state index in [1.807, 2.05) is 13.8 Å². The molecule has 33 heavy (non-hydrogen) atoms. The monoisotopic (exact) mass is 564 g/mol. The fourth-order valence-electron chi connectivity index (χ4n) is 3.21. The molecule has 0 unspecified atom stereocenters. The summed E-state index contributed by atoms with van der Waals surface area (Å²) in [5.41, 5.74) is 0.532. The van der Waals surface area contributed by atoms with Gasteiger partial charge in [-0.15, -0.1) is 0 Å². The third-order valence-electron chi connectivity index (χ3n) is 5.00. The quantitative estimate of drug-likeness (QED) is 0.210. The SMILES string of the molecule is CCC[CH2][Sn]([CH2]CCC)([O]C(=O)/C=C/c1ccccc1F)[O]C(=O)/C=C/c1ccccc1F. The molecule has 7 heteroatoms. The van der Waals surface area contributed by atoms with Gasteiger partial charge in [-0.1, -0.05) is 0 Å². The van der Waals surface area contributed by atoms with Gasteiger partial charge in [-0.25, -0.2) is 0 Å². The van der Waals surface area contributed by atoms with Gasteiger partial charge >= 0.3 is 200 Å². The van der Waals surface area contributed by atoms with E-state index in [0.29, 0.717) is 8.87 Å². The summed E-state index contributed by atoms with van der Waals surface area (Å²) in [5.74, 6) is -2.18. The minimum absolute atomic E-state index is 0.266. The fraction of sp³-hybridized carbons (Fsp3) is 0.308. The second-order valence-electron chi connectivity index (χ2n) is 7.67. The molecule has 0 spiro atoms. The van der Waals surface area contributed by atoms with Gasteiger partial charge in [0.1, 0.15) is 0 Å². The average Bonchev–Trinajstić information content (AvgIpc) is 2.80. The van der Waals surface area contributed by atoms with Crippen molar-refractivity contribution < 1.29 is 24.5 Å². The Morgan fingerprint density at radius 1 is 0.758 bits per heavy atom. The third kappa shape index (κ3) is 9.12. The van der Waals surface area contributed by atoms with Crippen LogP contribution in [0, 0.1) is 11.6 Å². The number of carbonyl (C=O) groups is 2. The van der Waals surface area contributed by atoms with Crippen molar-refractivity contribution in [1.82, 2.24) is 0 Å². The number of halogens is 2. The summed E-state index contributed by atoms with van der Waals surface area (Å²) < 4.78 is 40.5. The number of hydrogen-bond acceptors (Lipinski definition) is 4. The van der Waals surface area contributed by atoms with Crippen LogP contribution < -0.4 is 0 Å². The molecule has 176 valence electrons. The summed E-state index contributed by atoms with van der Waals surface area (Å²) in [6.45, 7) is 4.02. The zero-order valence-corrected chi connectivity index (χ0v) is 21.9. The number of hydrogen-bond donors (Lipinski definition) is 0. The van der Waals surface area contributed by atoms with Crippen molar-refractivity contribution in [2.24, 2.45) is 0 Å². The second-order valence-corrected chi connectivity index (χ2v) is 16.9. The summed E-state index contributed by atoms with van der Waals surface area (Å²) in [5, 5.41) is 0. The summed E-state index contributed by atoms with van der Waals surface area (Å²) in [6.07, 6.45) is 8.28. The van der Waals surface area contributed by atoms with Crippen LogP contribution in [0.5, 0.6) is 0 Å². The van der Waals surface area contributed by atoms with Crippen molar-refractivity contribution in [3.8, 4) is 0 Å². The van der Waals surface area contributed by atoms with E-state index in [1.165, 1.54) is 36.4 Å². The molecule has 0 fully saturated rings. The van der Waals surface area contributed by atoms with Crippen LogP contribution in [0.2, 0.25) is 8.87 Å². The van der Waals surface area contributed by atoms with E-state index in [9.17, 15) is 18.4 Å².